The van der Waals surface area contributed by atoms with E-state index in [1.165, 1.54) is 12.1 Å². The number of nitrogen functional groups attached to an aromatic ring is 1. The lowest BCUT2D eigenvalue weighted by molar-refractivity contribution is 0.200. The minimum atomic E-state index is -0.370. The minimum absolute atomic E-state index is 0.269. The summed E-state index contributed by atoms with van der Waals surface area (Å²) in [5.74, 6) is 1.59. The first-order valence-electron chi connectivity index (χ1n) is 7.39. The van der Waals surface area contributed by atoms with E-state index < -0.39 is 0 Å². The highest BCUT2D eigenvalue weighted by Gasteiger charge is 2.28. The maximum Gasteiger partial charge on any atom is 0.182 e. The van der Waals surface area contributed by atoms with Gasteiger partial charge in [0.05, 0.1) is 6.04 Å². The standard InChI is InChI=1S/C15H20FN5/c1-9-3-4-14(5-10(9)2)21-15(18-19-20-21)11-6-12(16)8-13(17)7-11/h6-10,14H,3-5,17H2,1-2H3. The van der Waals surface area contributed by atoms with E-state index in [4.69, 9.17) is 5.73 Å². The number of halogens is 1. The third-order valence-corrected chi connectivity index (χ3v) is 4.59. The number of hydrogen-bond acceptors (Lipinski definition) is 4. The van der Waals surface area contributed by atoms with Crippen LogP contribution in [0.5, 0.6) is 0 Å². The minimum Gasteiger partial charge on any atom is -0.399 e. The molecule has 5 nitrogen and oxygen atoms in total. The molecule has 1 fully saturated rings. The molecular formula is C15H20FN5. The molecule has 3 atom stereocenters. The summed E-state index contributed by atoms with van der Waals surface area (Å²) in [5.41, 5.74) is 6.72. The summed E-state index contributed by atoms with van der Waals surface area (Å²) in [6, 6.07) is 4.70. The molecule has 0 radical (unpaired) electrons. The molecule has 1 heterocycles. The fourth-order valence-corrected chi connectivity index (χ4v) is 3.11. The number of nitrogens with two attached hydrogens (primary N) is 1. The van der Waals surface area contributed by atoms with Crippen LogP contribution in [0, 0.1) is 17.7 Å². The summed E-state index contributed by atoms with van der Waals surface area (Å²) in [7, 11) is 0. The topological polar surface area (TPSA) is 69.6 Å². The second kappa shape index (κ2) is 5.42. The first-order valence-corrected chi connectivity index (χ1v) is 7.39. The highest BCUT2D eigenvalue weighted by Crippen LogP contribution is 2.37. The summed E-state index contributed by atoms with van der Waals surface area (Å²) in [5, 5.41) is 12.0. The van der Waals surface area contributed by atoms with Crippen LogP contribution in [0.1, 0.15) is 39.2 Å². The van der Waals surface area contributed by atoms with Crippen LogP contribution in [0.15, 0.2) is 18.2 Å². The molecule has 0 bridgehead atoms. The predicted octanol–water partition coefficient (Wildman–Crippen LogP) is 3.06. The molecule has 3 unspecified atom stereocenters. The summed E-state index contributed by atoms with van der Waals surface area (Å²) < 4.78 is 15.4. The van der Waals surface area contributed by atoms with Gasteiger partial charge in [-0.1, -0.05) is 13.8 Å². The number of aromatic nitrogens is 4. The molecule has 3 rings (SSSR count). The normalized spacial score (nSPS) is 26.0. The van der Waals surface area contributed by atoms with E-state index in [-0.39, 0.29) is 11.9 Å². The van der Waals surface area contributed by atoms with Crippen LogP contribution in [-0.2, 0) is 0 Å². The first-order chi connectivity index (χ1) is 10.0. The maximum atomic E-state index is 13.5. The van der Waals surface area contributed by atoms with Crippen LogP contribution in [0.3, 0.4) is 0 Å². The zero-order valence-electron chi connectivity index (χ0n) is 12.3. The molecule has 1 saturated carbocycles. The van der Waals surface area contributed by atoms with Crippen molar-refractivity contribution in [3.05, 3.63) is 24.0 Å². The SMILES string of the molecule is CC1CCC(n2nnnc2-c2cc(N)cc(F)c2)CC1C. The molecule has 112 valence electrons. The van der Waals surface area contributed by atoms with Crippen molar-refractivity contribution in [1.29, 1.82) is 0 Å². The summed E-state index contributed by atoms with van der Waals surface area (Å²) in [6.45, 7) is 4.55. The largest absolute Gasteiger partial charge is 0.399 e. The molecule has 2 N–H and O–H groups in total. The Labute approximate surface area is 123 Å². The fourth-order valence-electron chi connectivity index (χ4n) is 3.11. The maximum absolute atomic E-state index is 13.5. The van der Waals surface area contributed by atoms with Crippen molar-refractivity contribution in [3.8, 4) is 11.4 Å². The lowest BCUT2D eigenvalue weighted by Crippen LogP contribution is -2.24. The Kier molecular flexibility index (Phi) is 3.61. The smallest absolute Gasteiger partial charge is 0.182 e. The van der Waals surface area contributed by atoms with Crippen molar-refractivity contribution < 1.29 is 4.39 Å². The number of rotatable bonds is 2. The Morgan fingerprint density at radius 3 is 2.71 bits per heavy atom. The van der Waals surface area contributed by atoms with E-state index in [0.29, 0.717) is 23.0 Å². The second-order valence-corrected chi connectivity index (χ2v) is 6.14. The van der Waals surface area contributed by atoms with E-state index in [0.717, 1.165) is 25.2 Å². The van der Waals surface area contributed by atoms with Gasteiger partial charge in [-0.3, -0.25) is 0 Å². The molecule has 1 aliphatic rings. The van der Waals surface area contributed by atoms with Gasteiger partial charge in [-0.15, -0.1) is 5.10 Å². The highest BCUT2D eigenvalue weighted by atomic mass is 19.1. The van der Waals surface area contributed by atoms with Gasteiger partial charge in [-0.25, -0.2) is 9.07 Å². The van der Waals surface area contributed by atoms with Crippen molar-refractivity contribution in [2.75, 3.05) is 5.73 Å². The van der Waals surface area contributed by atoms with Gasteiger partial charge in [-0.05, 0) is 59.7 Å². The van der Waals surface area contributed by atoms with Gasteiger partial charge in [0.1, 0.15) is 5.82 Å². The van der Waals surface area contributed by atoms with Crippen LogP contribution in [-0.4, -0.2) is 20.2 Å². The van der Waals surface area contributed by atoms with Gasteiger partial charge in [0, 0.05) is 11.3 Å². The summed E-state index contributed by atoms with van der Waals surface area (Å²) in [6.07, 6.45) is 3.26. The zero-order chi connectivity index (χ0) is 15.0. The van der Waals surface area contributed by atoms with Crippen molar-refractivity contribution in [2.24, 2.45) is 11.8 Å². The van der Waals surface area contributed by atoms with Gasteiger partial charge in [0.15, 0.2) is 5.82 Å². The number of nitrogens with zero attached hydrogens (tertiary/aromatic N) is 4. The summed E-state index contributed by atoms with van der Waals surface area (Å²) >= 11 is 0. The first kappa shape index (κ1) is 14.0. The van der Waals surface area contributed by atoms with E-state index in [1.807, 2.05) is 4.68 Å². The molecule has 0 spiro atoms. The average molecular weight is 289 g/mol. The third kappa shape index (κ3) is 2.75. The quantitative estimate of drug-likeness (QED) is 0.863. The second-order valence-electron chi connectivity index (χ2n) is 6.14. The molecule has 0 saturated heterocycles. The molecule has 1 aromatic carbocycles. The Hall–Kier alpha value is -1.98. The van der Waals surface area contributed by atoms with Crippen molar-refractivity contribution >= 4 is 5.69 Å². The molecular weight excluding hydrogens is 269 g/mol. The molecule has 6 heteroatoms. The van der Waals surface area contributed by atoms with Crippen molar-refractivity contribution in [3.63, 3.8) is 0 Å². The van der Waals surface area contributed by atoms with E-state index in [9.17, 15) is 4.39 Å². The molecule has 2 aromatic rings. The lowest BCUT2D eigenvalue weighted by atomic mass is 9.79. The van der Waals surface area contributed by atoms with Gasteiger partial charge in [0.2, 0.25) is 0 Å². The van der Waals surface area contributed by atoms with Crippen LogP contribution >= 0.6 is 0 Å². The Balaban J connectivity index is 1.94. The van der Waals surface area contributed by atoms with Gasteiger partial charge >= 0.3 is 0 Å². The Bertz CT molecular complexity index is 618. The van der Waals surface area contributed by atoms with Gasteiger partial charge < -0.3 is 5.73 Å². The Morgan fingerprint density at radius 1 is 1.19 bits per heavy atom. The number of tetrazole rings is 1. The molecule has 21 heavy (non-hydrogen) atoms. The van der Waals surface area contributed by atoms with Crippen molar-refractivity contribution in [1.82, 2.24) is 20.2 Å². The van der Waals surface area contributed by atoms with Crippen LogP contribution in [0.2, 0.25) is 0 Å². The number of benzene rings is 1. The zero-order valence-corrected chi connectivity index (χ0v) is 12.3. The van der Waals surface area contributed by atoms with E-state index in [2.05, 4.69) is 29.4 Å². The van der Waals surface area contributed by atoms with Crippen LogP contribution < -0.4 is 5.73 Å². The summed E-state index contributed by atoms with van der Waals surface area (Å²) in [4.78, 5) is 0. The lowest BCUT2D eigenvalue weighted by Gasteiger charge is -2.32. The number of anilines is 1. The van der Waals surface area contributed by atoms with Crippen molar-refractivity contribution in [2.45, 2.75) is 39.2 Å². The molecule has 1 aliphatic carbocycles. The third-order valence-electron chi connectivity index (χ3n) is 4.59. The van der Waals surface area contributed by atoms with E-state index >= 15 is 0 Å². The highest BCUT2D eigenvalue weighted by molar-refractivity contribution is 5.61. The van der Waals surface area contributed by atoms with Gasteiger partial charge in [0.25, 0.3) is 0 Å². The van der Waals surface area contributed by atoms with E-state index in [1.54, 1.807) is 6.07 Å². The van der Waals surface area contributed by atoms with Crippen LogP contribution in [0.25, 0.3) is 11.4 Å². The fraction of sp³-hybridized carbons (Fsp3) is 0.533. The average Bonchev–Trinajstić information content (AvgIpc) is 2.90. The number of hydrogen-bond donors (Lipinski definition) is 1. The predicted molar refractivity (Wildman–Crippen MR) is 78.8 cm³/mol. The molecule has 0 amide bonds. The molecule has 0 aliphatic heterocycles. The van der Waals surface area contributed by atoms with Gasteiger partial charge in [-0.2, -0.15) is 0 Å². The monoisotopic (exact) mass is 289 g/mol. The van der Waals surface area contributed by atoms with Crippen LogP contribution in [0.4, 0.5) is 10.1 Å². The molecule has 1 aromatic heterocycles. The Morgan fingerprint density at radius 2 is 2.00 bits per heavy atom.